The second kappa shape index (κ2) is 10.9. The fourth-order valence-electron chi connectivity index (χ4n) is 5.44. The summed E-state index contributed by atoms with van der Waals surface area (Å²) in [5.41, 5.74) is 1.54. The number of sulfonamides is 1. The Morgan fingerprint density at radius 1 is 1.19 bits per heavy atom. The van der Waals surface area contributed by atoms with Crippen LogP contribution in [0.3, 0.4) is 0 Å². The Kier molecular flexibility index (Phi) is 8.04. The number of hydrogen-bond acceptors (Lipinski definition) is 6. The van der Waals surface area contributed by atoms with Crippen molar-refractivity contribution in [3.05, 3.63) is 34.9 Å². The number of hydrogen-bond donors (Lipinski definition) is 2. The molecule has 3 aliphatic rings. The summed E-state index contributed by atoms with van der Waals surface area (Å²) >= 11 is 0. The monoisotopic (exact) mass is 517 g/mol. The molecular weight excluding hydrogens is 478 g/mol. The SMILES string of the molecule is Cc1cc(C(=O)N(C)C)ccc1CCS(=O)(=O)N1CCC2(CC1)N=C(NCC1CCCCC1)NC2=O. The van der Waals surface area contributed by atoms with E-state index in [2.05, 4.69) is 10.6 Å². The first-order valence-corrected chi connectivity index (χ1v) is 14.6. The van der Waals surface area contributed by atoms with E-state index in [4.69, 9.17) is 4.99 Å². The number of carbonyl (C=O) groups excluding carboxylic acids is 2. The molecule has 1 saturated heterocycles. The summed E-state index contributed by atoms with van der Waals surface area (Å²) in [5, 5.41) is 6.20. The average molecular weight is 518 g/mol. The smallest absolute Gasteiger partial charge is 0.254 e. The van der Waals surface area contributed by atoms with Crippen LogP contribution in [-0.4, -0.2) is 80.4 Å². The van der Waals surface area contributed by atoms with Crippen LogP contribution in [0.1, 0.15) is 66.4 Å². The van der Waals surface area contributed by atoms with Crippen molar-refractivity contribution in [2.24, 2.45) is 10.9 Å². The Hall–Kier alpha value is -2.46. The van der Waals surface area contributed by atoms with E-state index in [0.717, 1.165) is 17.7 Å². The van der Waals surface area contributed by atoms with Crippen molar-refractivity contribution < 1.29 is 18.0 Å². The lowest BCUT2D eigenvalue weighted by atomic mass is 9.89. The predicted octanol–water partition coefficient (Wildman–Crippen LogP) is 2.06. The third-order valence-electron chi connectivity index (χ3n) is 7.83. The molecule has 4 rings (SSSR count). The fourth-order valence-corrected chi connectivity index (χ4v) is 6.92. The Balaban J connectivity index is 1.31. The summed E-state index contributed by atoms with van der Waals surface area (Å²) in [7, 11) is -0.0686. The standard InChI is InChI=1S/C26H39N5O4S/c1-19-17-22(23(32)30(2)3)10-9-21(19)11-16-36(34,35)31-14-12-26(13-15-31)24(33)28-25(29-26)27-18-20-7-5-4-6-8-20/h9-10,17,20H,4-8,11-16,18H2,1-3H3,(H2,27,28,29,33). The zero-order valence-electron chi connectivity index (χ0n) is 21.7. The van der Waals surface area contributed by atoms with E-state index >= 15 is 0 Å². The van der Waals surface area contributed by atoms with Gasteiger partial charge in [0.2, 0.25) is 10.0 Å². The van der Waals surface area contributed by atoms with Gasteiger partial charge in [0.25, 0.3) is 11.8 Å². The van der Waals surface area contributed by atoms with Crippen LogP contribution >= 0.6 is 0 Å². The molecule has 10 heteroatoms. The van der Waals surface area contributed by atoms with E-state index in [1.165, 1.54) is 41.3 Å². The highest BCUT2D eigenvalue weighted by Crippen LogP contribution is 2.31. The topological polar surface area (TPSA) is 111 Å². The zero-order chi connectivity index (χ0) is 25.9. The van der Waals surface area contributed by atoms with Crippen molar-refractivity contribution >= 4 is 27.8 Å². The first-order chi connectivity index (χ1) is 17.1. The van der Waals surface area contributed by atoms with Gasteiger partial charge in [-0.1, -0.05) is 25.3 Å². The van der Waals surface area contributed by atoms with Crippen LogP contribution in [0.25, 0.3) is 0 Å². The first-order valence-electron chi connectivity index (χ1n) is 13.0. The Bertz CT molecular complexity index is 1120. The summed E-state index contributed by atoms with van der Waals surface area (Å²) < 4.78 is 27.6. The molecule has 0 atom stereocenters. The molecule has 0 bridgehead atoms. The summed E-state index contributed by atoms with van der Waals surface area (Å²) in [6, 6.07) is 5.40. The summed E-state index contributed by atoms with van der Waals surface area (Å²) in [4.78, 5) is 31.2. The van der Waals surface area contributed by atoms with Gasteiger partial charge in [-0.3, -0.25) is 14.9 Å². The molecule has 198 valence electrons. The maximum absolute atomic E-state index is 13.1. The van der Waals surface area contributed by atoms with Gasteiger partial charge in [-0.25, -0.2) is 17.7 Å². The normalized spacial score (nSPS) is 20.8. The van der Waals surface area contributed by atoms with Gasteiger partial charge < -0.3 is 10.2 Å². The van der Waals surface area contributed by atoms with Crippen molar-refractivity contribution in [2.75, 3.05) is 39.5 Å². The maximum Gasteiger partial charge on any atom is 0.254 e. The van der Waals surface area contributed by atoms with E-state index in [-0.39, 0.29) is 30.7 Å². The molecule has 2 fully saturated rings. The number of benzene rings is 1. The third-order valence-corrected chi connectivity index (χ3v) is 9.70. The number of nitrogens with one attached hydrogen (secondary N) is 2. The fraction of sp³-hybridized carbons (Fsp3) is 0.654. The van der Waals surface area contributed by atoms with E-state index < -0.39 is 15.6 Å². The predicted molar refractivity (Wildman–Crippen MR) is 140 cm³/mol. The molecule has 1 aromatic rings. The summed E-state index contributed by atoms with van der Waals surface area (Å²) in [6.07, 6.45) is 7.40. The Labute approximate surface area is 214 Å². The van der Waals surface area contributed by atoms with Gasteiger partial charge in [0.15, 0.2) is 5.96 Å². The largest absolute Gasteiger partial charge is 0.356 e. The molecule has 36 heavy (non-hydrogen) atoms. The van der Waals surface area contributed by atoms with Gasteiger partial charge in [-0.15, -0.1) is 0 Å². The minimum atomic E-state index is -3.48. The van der Waals surface area contributed by atoms with Crippen molar-refractivity contribution in [3.63, 3.8) is 0 Å². The van der Waals surface area contributed by atoms with E-state index in [9.17, 15) is 18.0 Å². The van der Waals surface area contributed by atoms with Crippen molar-refractivity contribution in [3.8, 4) is 0 Å². The minimum Gasteiger partial charge on any atom is -0.356 e. The van der Waals surface area contributed by atoms with Crippen LogP contribution in [0.15, 0.2) is 23.2 Å². The highest BCUT2D eigenvalue weighted by Gasteiger charge is 2.47. The Morgan fingerprint density at radius 3 is 2.53 bits per heavy atom. The van der Waals surface area contributed by atoms with Crippen LogP contribution in [0.4, 0.5) is 0 Å². The van der Waals surface area contributed by atoms with Crippen molar-refractivity contribution in [2.45, 2.75) is 63.8 Å². The lowest BCUT2D eigenvalue weighted by Gasteiger charge is -2.34. The van der Waals surface area contributed by atoms with Crippen LogP contribution in [0, 0.1) is 12.8 Å². The van der Waals surface area contributed by atoms with Gasteiger partial charge in [0, 0.05) is 39.3 Å². The van der Waals surface area contributed by atoms with Gasteiger partial charge in [-0.05, 0) is 68.2 Å². The van der Waals surface area contributed by atoms with E-state index in [0.29, 0.717) is 36.7 Å². The molecule has 0 aromatic heterocycles. The highest BCUT2D eigenvalue weighted by atomic mass is 32.2. The van der Waals surface area contributed by atoms with E-state index in [1.807, 2.05) is 19.1 Å². The van der Waals surface area contributed by atoms with Crippen molar-refractivity contribution in [1.82, 2.24) is 19.8 Å². The minimum absolute atomic E-state index is 0.00846. The van der Waals surface area contributed by atoms with Gasteiger partial charge in [0.1, 0.15) is 5.54 Å². The third kappa shape index (κ3) is 5.91. The summed E-state index contributed by atoms with van der Waals surface area (Å²) in [6.45, 7) is 3.28. The molecule has 0 radical (unpaired) electrons. The first kappa shape index (κ1) is 26.6. The number of rotatable bonds is 7. The van der Waals surface area contributed by atoms with Crippen LogP contribution in [-0.2, 0) is 21.2 Å². The van der Waals surface area contributed by atoms with Crippen LogP contribution in [0.5, 0.6) is 0 Å². The number of aryl methyl sites for hydroxylation is 2. The lowest BCUT2D eigenvalue weighted by molar-refractivity contribution is -0.124. The molecule has 2 aliphatic heterocycles. The number of amides is 2. The van der Waals surface area contributed by atoms with Gasteiger partial charge >= 0.3 is 0 Å². The van der Waals surface area contributed by atoms with Gasteiger partial charge in [0.05, 0.1) is 5.75 Å². The number of carbonyl (C=O) groups is 2. The second-order valence-corrected chi connectivity index (χ2v) is 12.7. The molecule has 2 amide bonds. The molecular formula is C26H39N5O4S. The molecule has 1 saturated carbocycles. The molecule has 1 aliphatic carbocycles. The lowest BCUT2D eigenvalue weighted by Crippen LogP contribution is -2.51. The van der Waals surface area contributed by atoms with Gasteiger partial charge in [-0.2, -0.15) is 0 Å². The molecule has 1 aromatic carbocycles. The summed E-state index contributed by atoms with van der Waals surface area (Å²) in [5.74, 6) is 0.939. The number of guanidine groups is 1. The zero-order valence-corrected chi connectivity index (χ0v) is 22.5. The molecule has 2 N–H and O–H groups in total. The average Bonchev–Trinajstić information content (AvgIpc) is 3.16. The molecule has 0 unspecified atom stereocenters. The van der Waals surface area contributed by atoms with Crippen molar-refractivity contribution in [1.29, 1.82) is 0 Å². The van der Waals surface area contributed by atoms with E-state index in [1.54, 1.807) is 20.2 Å². The second-order valence-electron chi connectivity index (χ2n) is 10.6. The Morgan fingerprint density at radius 2 is 1.89 bits per heavy atom. The molecule has 9 nitrogen and oxygen atoms in total. The maximum atomic E-state index is 13.1. The van der Waals surface area contributed by atoms with Crippen LogP contribution < -0.4 is 10.6 Å². The number of nitrogens with zero attached hydrogens (tertiary/aromatic N) is 3. The number of aliphatic imine (C=N–C) groups is 1. The highest BCUT2D eigenvalue weighted by molar-refractivity contribution is 7.89. The quantitative estimate of drug-likeness (QED) is 0.575. The molecule has 1 spiro atoms. The van der Waals surface area contributed by atoms with Crippen LogP contribution in [0.2, 0.25) is 0 Å². The molecule has 2 heterocycles. The number of piperidine rings is 1.